The summed E-state index contributed by atoms with van der Waals surface area (Å²) in [5.41, 5.74) is 0. The van der Waals surface area contributed by atoms with Crippen molar-refractivity contribution in [2.45, 2.75) is 418 Å². The fourth-order valence-electron chi connectivity index (χ4n) is 11.5. The topological polar surface area (TPSA) is 95.9 Å². The first-order chi connectivity index (χ1) is 39.0. The van der Waals surface area contributed by atoms with Crippen molar-refractivity contribution in [3.05, 3.63) is 24.3 Å². The summed E-state index contributed by atoms with van der Waals surface area (Å²) >= 11 is 0. The number of carbonyl (C=O) groups excluding carboxylic acids is 2. The highest BCUT2D eigenvalue weighted by molar-refractivity contribution is 5.76. The molecule has 2 unspecified atom stereocenters. The van der Waals surface area contributed by atoms with Gasteiger partial charge in [-0.1, -0.05) is 359 Å². The third-order valence-electron chi connectivity index (χ3n) is 17.0. The lowest BCUT2D eigenvalue weighted by atomic mass is 10.0. The molecule has 6 nitrogen and oxygen atoms in total. The SMILES string of the molecule is CCCCCCCCCCCCCCCCCCCCCCC/C=C/C(O)C(CO)NC(=O)CCCCCCCCC/C=C\CCCCCCCCCCCOC(=O)CCCCCCCCCCCCCCCCCCCCC. The normalized spacial score (nSPS) is 12.6. The maximum atomic E-state index is 12.5. The molecule has 0 aliphatic heterocycles. The van der Waals surface area contributed by atoms with Crippen LogP contribution in [-0.2, 0) is 14.3 Å². The van der Waals surface area contributed by atoms with E-state index in [9.17, 15) is 19.8 Å². The summed E-state index contributed by atoms with van der Waals surface area (Å²) in [6.45, 7) is 4.94. The van der Waals surface area contributed by atoms with E-state index in [4.69, 9.17) is 4.74 Å². The molecule has 0 aromatic carbocycles. The first-order valence-corrected chi connectivity index (χ1v) is 36.1. The molecule has 468 valence electrons. The number of allylic oxidation sites excluding steroid dienone is 3. The molecular formula is C73H141NO5. The molecular weight excluding hydrogens is 971 g/mol. The molecule has 0 rings (SSSR count). The van der Waals surface area contributed by atoms with E-state index < -0.39 is 12.1 Å². The molecule has 0 bridgehead atoms. The number of rotatable bonds is 68. The van der Waals surface area contributed by atoms with E-state index in [0.29, 0.717) is 19.4 Å². The van der Waals surface area contributed by atoms with E-state index in [0.717, 1.165) is 44.9 Å². The van der Waals surface area contributed by atoms with E-state index in [1.165, 1.54) is 334 Å². The van der Waals surface area contributed by atoms with Gasteiger partial charge < -0.3 is 20.3 Å². The lowest BCUT2D eigenvalue weighted by Gasteiger charge is -2.20. The van der Waals surface area contributed by atoms with Gasteiger partial charge in [0.15, 0.2) is 0 Å². The predicted octanol–water partition coefficient (Wildman–Crippen LogP) is 23.3. The minimum Gasteiger partial charge on any atom is -0.466 e. The maximum Gasteiger partial charge on any atom is 0.305 e. The van der Waals surface area contributed by atoms with Crippen molar-refractivity contribution in [2.24, 2.45) is 0 Å². The van der Waals surface area contributed by atoms with Crippen LogP contribution in [0.3, 0.4) is 0 Å². The molecule has 0 heterocycles. The molecule has 6 heteroatoms. The van der Waals surface area contributed by atoms with Crippen LogP contribution in [0.5, 0.6) is 0 Å². The standard InChI is InChI=1S/C73H141NO5/c1-3-5-7-9-11-13-15-17-19-21-23-24-25-26-30-33-37-41-45-49-53-57-61-65-71(76)70(69-75)74-72(77)66-62-58-54-50-46-42-38-34-31-27-28-32-36-40-44-48-52-56-60-64-68-79-73(78)67-63-59-55-51-47-43-39-35-29-22-20-18-16-14-12-10-8-6-4-2/h27,31,61,65,70-71,75-76H,3-26,28-30,32-60,62-64,66-69H2,1-2H3,(H,74,77)/b31-27-,65-61+. The van der Waals surface area contributed by atoms with Gasteiger partial charge in [-0.05, 0) is 57.8 Å². The molecule has 0 saturated heterocycles. The number of aliphatic hydroxyl groups excluding tert-OH is 2. The highest BCUT2D eigenvalue weighted by Crippen LogP contribution is 2.19. The number of hydrogen-bond donors (Lipinski definition) is 3. The van der Waals surface area contributed by atoms with Crippen LogP contribution in [0.2, 0.25) is 0 Å². The van der Waals surface area contributed by atoms with Crippen LogP contribution in [0.4, 0.5) is 0 Å². The minimum atomic E-state index is -0.851. The van der Waals surface area contributed by atoms with Gasteiger partial charge in [-0.25, -0.2) is 0 Å². The monoisotopic (exact) mass is 1110 g/mol. The zero-order chi connectivity index (χ0) is 57.1. The van der Waals surface area contributed by atoms with E-state index in [2.05, 4.69) is 31.3 Å². The Morgan fingerprint density at radius 2 is 0.595 bits per heavy atom. The molecule has 3 N–H and O–H groups in total. The number of ether oxygens (including phenoxy) is 1. The molecule has 79 heavy (non-hydrogen) atoms. The Labute approximate surface area is 494 Å². The van der Waals surface area contributed by atoms with Gasteiger partial charge in [-0.15, -0.1) is 0 Å². The minimum absolute atomic E-state index is 0.0114. The fourth-order valence-corrected chi connectivity index (χ4v) is 11.5. The van der Waals surface area contributed by atoms with E-state index >= 15 is 0 Å². The molecule has 0 spiro atoms. The van der Waals surface area contributed by atoms with Gasteiger partial charge in [0.05, 0.1) is 25.4 Å². The molecule has 0 aliphatic carbocycles. The lowest BCUT2D eigenvalue weighted by Crippen LogP contribution is -2.45. The summed E-state index contributed by atoms with van der Waals surface area (Å²) in [6.07, 6.45) is 86.8. The third-order valence-corrected chi connectivity index (χ3v) is 17.0. The Bertz CT molecular complexity index is 1230. The molecule has 2 atom stereocenters. The highest BCUT2D eigenvalue weighted by Gasteiger charge is 2.18. The van der Waals surface area contributed by atoms with Gasteiger partial charge in [0.1, 0.15) is 0 Å². The van der Waals surface area contributed by atoms with E-state index in [1.54, 1.807) is 6.08 Å². The van der Waals surface area contributed by atoms with Crippen LogP contribution in [0.25, 0.3) is 0 Å². The average molecular weight is 1110 g/mol. The van der Waals surface area contributed by atoms with Crippen LogP contribution in [0, 0.1) is 0 Å². The van der Waals surface area contributed by atoms with Gasteiger partial charge >= 0.3 is 5.97 Å². The van der Waals surface area contributed by atoms with Crippen LogP contribution in [-0.4, -0.2) is 47.4 Å². The predicted molar refractivity (Wildman–Crippen MR) is 347 cm³/mol. The maximum absolute atomic E-state index is 12.5. The van der Waals surface area contributed by atoms with Gasteiger partial charge in [0.2, 0.25) is 5.91 Å². The zero-order valence-electron chi connectivity index (χ0n) is 53.6. The largest absolute Gasteiger partial charge is 0.466 e. The Kier molecular flexibility index (Phi) is 67.4. The first kappa shape index (κ1) is 77.3. The van der Waals surface area contributed by atoms with E-state index in [1.807, 2.05) is 6.08 Å². The smallest absolute Gasteiger partial charge is 0.305 e. The lowest BCUT2D eigenvalue weighted by molar-refractivity contribution is -0.143. The Morgan fingerprint density at radius 1 is 0.342 bits per heavy atom. The van der Waals surface area contributed by atoms with Crippen molar-refractivity contribution < 1.29 is 24.5 Å². The first-order valence-electron chi connectivity index (χ1n) is 36.1. The van der Waals surface area contributed by atoms with Crippen molar-refractivity contribution in [1.29, 1.82) is 0 Å². The highest BCUT2D eigenvalue weighted by atomic mass is 16.5. The third kappa shape index (κ3) is 65.4. The Morgan fingerprint density at radius 3 is 0.899 bits per heavy atom. The number of hydrogen-bond acceptors (Lipinski definition) is 5. The summed E-state index contributed by atoms with van der Waals surface area (Å²) in [4.78, 5) is 24.6. The molecule has 0 aliphatic rings. The van der Waals surface area contributed by atoms with Crippen LogP contribution < -0.4 is 5.32 Å². The van der Waals surface area contributed by atoms with Crippen LogP contribution >= 0.6 is 0 Å². The van der Waals surface area contributed by atoms with Crippen LogP contribution in [0.15, 0.2) is 24.3 Å². The van der Waals surface area contributed by atoms with Gasteiger partial charge in [0.25, 0.3) is 0 Å². The quantitative estimate of drug-likeness (QED) is 0.0320. The number of unbranched alkanes of at least 4 members (excludes halogenated alkanes) is 55. The molecule has 0 aromatic heterocycles. The summed E-state index contributed by atoms with van der Waals surface area (Å²) in [7, 11) is 0. The second kappa shape index (κ2) is 68.8. The van der Waals surface area contributed by atoms with Crippen molar-refractivity contribution in [3.63, 3.8) is 0 Å². The number of amides is 1. The summed E-state index contributed by atoms with van der Waals surface area (Å²) < 4.78 is 5.51. The van der Waals surface area contributed by atoms with Crippen LogP contribution in [0.1, 0.15) is 406 Å². The summed E-state index contributed by atoms with van der Waals surface area (Å²) in [6, 6.07) is -0.636. The van der Waals surface area contributed by atoms with Crippen molar-refractivity contribution in [1.82, 2.24) is 5.32 Å². The number of esters is 1. The van der Waals surface area contributed by atoms with Crippen molar-refractivity contribution in [3.8, 4) is 0 Å². The number of carbonyl (C=O) groups is 2. The van der Waals surface area contributed by atoms with Gasteiger partial charge in [-0.2, -0.15) is 0 Å². The Hall–Kier alpha value is -1.66. The molecule has 1 amide bonds. The Balaban J connectivity index is 3.43. The van der Waals surface area contributed by atoms with Gasteiger partial charge in [-0.3, -0.25) is 9.59 Å². The summed E-state index contributed by atoms with van der Waals surface area (Å²) in [5.74, 6) is -0.0608. The van der Waals surface area contributed by atoms with Crippen molar-refractivity contribution >= 4 is 11.9 Å². The molecule has 0 aromatic rings. The zero-order valence-corrected chi connectivity index (χ0v) is 53.6. The van der Waals surface area contributed by atoms with Crippen molar-refractivity contribution in [2.75, 3.05) is 13.2 Å². The molecule has 0 saturated carbocycles. The van der Waals surface area contributed by atoms with Gasteiger partial charge in [0, 0.05) is 12.8 Å². The summed E-state index contributed by atoms with van der Waals surface area (Å²) in [5, 5.41) is 23.3. The molecule has 0 fully saturated rings. The average Bonchev–Trinajstić information content (AvgIpc) is 3.45. The second-order valence-electron chi connectivity index (χ2n) is 24.9. The number of nitrogens with one attached hydrogen (secondary N) is 1. The van der Waals surface area contributed by atoms with E-state index in [-0.39, 0.29) is 18.5 Å². The molecule has 0 radical (unpaired) electrons. The number of aliphatic hydroxyl groups is 2. The fraction of sp³-hybridized carbons (Fsp3) is 0.918. The second-order valence-corrected chi connectivity index (χ2v) is 24.9.